The Bertz CT molecular complexity index is 299. The molecule has 0 bridgehead atoms. The zero-order valence-corrected chi connectivity index (χ0v) is 11.2. The highest BCUT2D eigenvalue weighted by molar-refractivity contribution is 5.72. The minimum Gasteiger partial charge on any atom is -0.466 e. The van der Waals surface area contributed by atoms with E-state index < -0.39 is 0 Å². The maximum Gasteiger partial charge on any atom is 0.302 e. The molecular weight excluding hydrogens is 218 g/mol. The first-order valence-electron chi connectivity index (χ1n) is 6.21. The van der Waals surface area contributed by atoms with Crippen LogP contribution in [-0.4, -0.2) is 25.0 Å². The van der Waals surface area contributed by atoms with Gasteiger partial charge in [-0.25, -0.2) is 0 Å². The van der Waals surface area contributed by atoms with Gasteiger partial charge in [-0.1, -0.05) is 13.8 Å². The van der Waals surface area contributed by atoms with Crippen LogP contribution in [0.5, 0.6) is 0 Å². The first kappa shape index (κ1) is 14.0. The van der Waals surface area contributed by atoms with Crippen LogP contribution in [0.3, 0.4) is 0 Å². The Hall–Kier alpha value is -1.06. The molecule has 0 aromatic heterocycles. The van der Waals surface area contributed by atoms with Gasteiger partial charge in [0.25, 0.3) is 0 Å². The molecule has 0 aromatic carbocycles. The Kier molecular flexibility index (Phi) is 4.54. The van der Waals surface area contributed by atoms with Gasteiger partial charge in [0.15, 0.2) is 0 Å². The zero-order valence-electron chi connectivity index (χ0n) is 11.2. The van der Waals surface area contributed by atoms with Crippen molar-refractivity contribution in [1.82, 2.24) is 5.32 Å². The van der Waals surface area contributed by atoms with E-state index >= 15 is 0 Å². The Balaban J connectivity index is 2.28. The largest absolute Gasteiger partial charge is 0.466 e. The molecule has 4 nitrogen and oxygen atoms in total. The van der Waals surface area contributed by atoms with Gasteiger partial charge < -0.3 is 10.1 Å². The van der Waals surface area contributed by atoms with Gasteiger partial charge in [-0.2, -0.15) is 0 Å². The van der Waals surface area contributed by atoms with Crippen LogP contribution < -0.4 is 5.32 Å². The maximum atomic E-state index is 10.8. The lowest BCUT2D eigenvalue weighted by Gasteiger charge is -2.52. The number of amides is 1. The van der Waals surface area contributed by atoms with Crippen molar-refractivity contribution in [2.24, 2.45) is 17.3 Å². The highest BCUT2D eigenvalue weighted by Crippen LogP contribution is 2.52. The third-order valence-corrected chi connectivity index (χ3v) is 4.03. The second kappa shape index (κ2) is 5.52. The molecule has 0 saturated heterocycles. The molecule has 1 N–H and O–H groups in total. The molecule has 98 valence electrons. The minimum atomic E-state index is -0.206. The van der Waals surface area contributed by atoms with Crippen LogP contribution >= 0.6 is 0 Å². The van der Waals surface area contributed by atoms with Crippen LogP contribution in [0, 0.1) is 17.3 Å². The van der Waals surface area contributed by atoms with Crippen LogP contribution in [0.2, 0.25) is 0 Å². The fraction of sp³-hybridized carbons (Fsp3) is 0.846. The summed E-state index contributed by atoms with van der Waals surface area (Å²) in [6, 6.07) is 0. The van der Waals surface area contributed by atoms with Crippen molar-refractivity contribution in [3.63, 3.8) is 0 Å². The molecule has 1 aliphatic carbocycles. The van der Waals surface area contributed by atoms with Gasteiger partial charge in [-0.05, 0) is 30.1 Å². The van der Waals surface area contributed by atoms with Crippen molar-refractivity contribution in [2.45, 2.75) is 40.5 Å². The standard InChI is InChI=1S/C13H23NO3/c1-9(15)14-6-5-11-7-12(13(11,3)4)8-17-10(2)16/h11-12H,5-8H2,1-4H3,(H,14,15)/t11-,12-/m0/s1. The lowest BCUT2D eigenvalue weighted by atomic mass is 9.54. The van der Waals surface area contributed by atoms with E-state index in [1.807, 2.05) is 0 Å². The molecule has 0 spiro atoms. The summed E-state index contributed by atoms with van der Waals surface area (Å²) in [6.07, 6.45) is 2.09. The minimum absolute atomic E-state index is 0.0265. The number of esters is 1. The Labute approximate surface area is 103 Å². The van der Waals surface area contributed by atoms with Crippen molar-refractivity contribution < 1.29 is 14.3 Å². The Morgan fingerprint density at radius 3 is 2.41 bits per heavy atom. The van der Waals surface area contributed by atoms with E-state index in [0.717, 1.165) is 19.4 Å². The van der Waals surface area contributed by atoms with Gasteiger partial charge in [-0.3, -0.25) is 9.59 Å². The topological polar surface area (TPSA) is 55.4 Å². The van der Waals surface area contributed by atoms with E-state index in [0.29, 0.717) is 18.4 Å². The van der Waals surface area contributed by atoms with Gasteiger partial charge in [0.05, 0.1) is 6.61 Å². The van der Waals surface area contributed by atoms with E-state index in [9.17, 15) is 9.59 Å². The number of rotatable bonds is 5. The average molecular weight is 241 g/mol. The molecule has 4 heteroatoms. The molecule has 0 aliphatic heterocycles. The summed E-state index contributed by atoms with van der Waals surface area (Å²) in [4.78, 5) is 21.5. The summed E-state index contributed by atoms with van der Waals surface area (Å²) >= 11 is 0. The van der Waals surface area contributed by atoms with Crippen molar-refractivity contribution in [3.8, 4) is 0 Å². The van der Waals surface area contributed by atoms with E-state index in [1.54, 1.807) is 0 Å². The summed E-state index contributed by atoms with van der Waals surface area (Å²) in [7, 11) is 0. The predicted octanol–water partition coefficient (Wildman–Crippen LogP) is 1.74. The van der Waals surface area contributed by atoms with Crippen LogP contribution in [-0.2, 0) is 14.3 Å². The first-order chi connectivity index (χ1) is 7.84. The monoisotopic (exact) mass is 241 g/mol. The highest BCUT2D eigenvalue weighted by Gasteiger charge is 2.47. The van der Waals surface area contributed by atoms with Crippen molar-refractivity contribution >= 4 is 11.9 Å². The predicted molar refractivity (Wildman–Crippen MR) is 65.3 cm³/mol. The van der Waals surface area contributed by atoms with Crippen molar-refractivity contribution in [3.05, 3.63) is 0 Å². The lowest BCUT2D eigenvalue weighted by Crippen LogP contribution is -2.48. The van der Waals surface area contributed by atoms with Crippen molar-refractivity contribution in [1.29, 1.82) is 0 Å². The van der Waals surface area contributed by atoms with Crippen LogP contribution in [0.4, 0.5) is 0 Å². The molecule has 0 heterocycles. The average Bonchev–Trinajstić information content (AvgIpc) is 2.20. The molecule has 1 rings (SSSR count). The third kappa shape index (κ3) is 3.72. The summed E-state index contributed by atoms with van der Waals surface area (Å²) in [5.41, 5.74) is 0.202. The fourth-order valence-electron chi connectivity index (χ4n) is 2.54. The number of hydrogen-bond donors (Lipinski definition) is 1. The normalized spacial score (nSPS) is 25.9. The molecule has 2 atom stereocenters. The summed E-state index contributed by atoms with van der Waals surface area (Å²) in [5.74, 6) is 0.879. The SMILES string of the molecule is CC(=O)NCC[C@H]1C[C@@H](COC(C)=O)C1(C)C. The van der Waals surface area contributed by atoms with Gasteiger partial charge in [-0.15, -0.1) is 0 Å². The number of ether oxygens (including phenoxy) is 1. The quantitative estimate of drug-likeness (QED) is 0.746. The molecule has 0 unspecified atom stereocenters. The third-order valence-electron chi connectivity index (χ3n) is 4.03. The summed E-state index contributed by atoms with van der Waals surface area (Å²) in [6.45, 7) is 8.67. The van der Waals surface area contributed by atoms with E-state index in [4.69, 9.17) is 4.74 Å². The Morgan fingerprint density at radius 2 is 1.94 bits per heavy atom. The van der Waals surface area contributed by atoms with Gasteiger partial charge in [0, 0.05) is 20.4 Å². The zero-order chi connectivity index (χ0) is 13.1. The fourth-order valence-corrected chi connectivity index (χ4v) is 2.54. The van der Waals surface area contributed by atoms with Gasteiger partial charge >= 0.3 is 5.97 Å². The molecule has 17 heavy (non-hydrogen) atoms. The highest BCUT2D eigenvalue weighted by atomic mass is 16.5. The molecule has 1 aliphatic rings. The molecule has 0 radical (unpaired) electrons. The lowest BCUT2D eigenvalue weighted by molar-refractivity contribution is -0.149. The molecule has 1 saturated carbocycles. The Morgan fingerprint density at radius 1 is 1.29 bits per heavy atom. The van der Waals surface area contributed by atoms with Gasteiger partial charge in [0.2, 0.25) is 5.91 Å². The number of carbonyl (C=O) groups is 2. The van der Waals surface area contributed by atoms with Crippen LogP contribution in [0.15, 0.2) is 0 Å². The number of carbonyl (C=O) groups excluding carboxylic acids is 2. The van der Waals surface area contributed by atoms with E-state index in [1.165, 1.54) is 13.8 Å². The van der Waals surface area contributed by atoms with E-state index in [-0.39, 0.29) is 17.3 Å². The number of nitrogens with one attached hydrogen (secondary N) is 1. The van der Waals surface area contributed by atoms with Crippen LogP contribution in [0.25, 0.3) is 0 Å². The molecular formula is C13H23NO3. The summed E-state index contributed by atoms with van der Waals surface area (Å²) in [5, 5.41) is 2.82. The van der Waals surface area contributed by atoms with Gasteiger partial charge in [0.1, 0.15) is 0 Å². The molecule has 1 fully saturated rings. The summed E-state index contributed by atoms with van der Waals surface area (Å²) < 4.78 is 5.06. The van der Waals surface area contributed by atoms with Crippen molar-refractivity contribution in [2.75, 3.05) is 13.2 Å². The second-order valence-corrected chi connectivity index (χ2v) is 5.53. The molecule has 0 aromatic rings. The number of hydrogen-bond acceptors (Lipinski definition) is 3. The van der Waals surface area contributed by atoms with Crippen LogP contribution in [0.1, 0.15) is 40.5 Å². The smallest absolute Gasteiger partial charge is 0.302 e. The molecule has 1 amide bonds. The van der Waals surface area contributed by atoms with E-state index in [2.05, 4.69) is 19.2 Å². The maximum absolute atomic E-state index is 10.8. The first-order valence-corrected chi connectivity index (χ1v) is 6.21. The second-order valence-electron chi connectivity index (χ2n) is 5.53.